The largest absolute Gasteiger partial charge is 0.383 e. The Balaban J connectivity index is 1.97. The normalized spacial score (nSPS) is 18.0. The van der Waals surface area contributed by atoms with Gasteiger partial charge in [-0.3, -0.25) is 4.90 Å². The molecule has 1 aromatic heterocycles. The third-order valence-corrected chi connectivity index (χ3v) is 4.31. The minimum absolute atomic E-state index is 0.415. The second kappa shape index (κ2) is 7.92. The van der Waals surface area contributed by atoms with Crippen LogP contribution in [0.1, 0.15) is 44.1 Å². The monoisotopic (exact) mass is 295 g/mol. The number of aromatic nitrogens is 1. The lowest BCUT2D eigenvalue weighted by Crippen LogP contribution is -2.44. The quantitative estimate of drug-likeness (QED) is 0.772. The minimum atomic E-state index is 0.415. The summed E-state index contributed by atoms with van der Waals surface area (Å²) in [5.74, 6) is 1.38. The van der Waals surface area contributed by atoms with E-state index in [-0.39, 0.29) is 0 Å². The van der Waals surface area contributed by atoms with E-state index in [2.05, 4.69) is 41.9 Å². The van der Waals surface area contributed by atoms with Crippen molar-refractivity contribution in [3.63, 3.8) is 0 Å². The molecule has 1 saturated heterocycles. The molecule has 1 aromatic rings. The highest BCUT2D eigenvalue weighted by Crippen LogP contribution is 2.20. The average molecular weight is 295 g/mol. The molecule has 0 spiro atoms. The lowest BCUT2D eigenvalue weighted by molar-refractivity contribution is 0.0736. The summed E-state index contributed by atoms with van der Waals surface area (Å²) in [6, 6.07) is 2.71. The van der Waals surface area contributed by atoms with Gasteiger partial charge in [0.2, 0.25) is 0 Å². The molecule has 21 heavy (non-hydrogen) atoms. The Morgan fingerprint density at radius 3 is 2.71 bits per heavy atom. The highest BCUT2D eigenvalue weighted by Gasteiger charge is 2.24. The fraction of sp³-hybridized carbons (Fsp3) is 0.812. The van der Waals surface area contributed by atoms with Crippen molar-refractivity contribution in [3.05, 3.63) is 17.5 Å². The van der Waals surface area contributed by atoms with Crippen molar-refractivity contribution < 1.29 is 9.26 Å². The van der Waals surface area contributed by atoms with E-state index >= 15 is 0 Å². The van der Waals surface area contributed by atoms with Gasteiger partial charge < -0.3 is 14.2 Å². The number of hydrogen-bond acceptors (Lipinski definition) is 5. The number of rotatable bonds is 7. The van der Waals surface area contributed by atoms with Gasteiger partial charge >= 0.3 is 0 Å². The third-order valence-electron chi connectivity index (χ3n) is 4.31. The Morgan fingerprint density at radius 2 is 2.14 bits per heavy atom. The molecule has 2 rings (SSSR count). The number of ether oxygens (including phenoxy) is 1. The Kier molecular flexibility index (Phi) is 6.21. The standard InChI is InChI=1S/C16H29N3O2/c1-13(2)16-11-15(21-17-16)12-19(9-10-20-4)14-5-7-18(3)8-6-14/h11,13-14H,5-10,12H2,1-4H3. The summed E-state index contributed by atoms with van der Waals surface area (Å²) < 4.78 is 10.8. The molecule has 0 aliphatic carbocycles. The Morgan fingerprint density at radius 1 is 1.43 bits per heavy atom. The number of piperidine rings is 1. The summed E-state index contributed by atoms with van der Waals surface area (Å²) in [5.41, 5.74) is 1.04. The molecule has 0 amide bonds. The van der Waals surface area contributed by atoms with Gasteiger partial charge in [0.1, 0.15) is 0 Å². The van der Waals surface area contributed by atoms with E-state index in [0.29, 0.717) is 12.0 Å². The molecular formula is C16H29N3O2. The zero-order valence-corrected chi connectivity index (χ0v) is 13.8. The molecule has 0 N–H and O–H groups in total. The van der Waals surface area contributed by atoms with Crippen LogP contribution in [-0.2, 0) is 11.3 Å². The number of methoxy groups -OCH3 is 1. The van der Waals surface area contributed by atoms with Gasteiger partial charge in [0, 0.05) is 25.8 Å². The maximum atomic E-state index is 5.51. The fourth-order valence-corrected chi connectivity index (χ4v) is 2.84. The molecular weight excluding hydrogens is 266 g/mol. The van der Waals surface area contributed by atoms with Crippen LogP contribution in [-0.4, -0.2) is 61.4 Å². The lowest BCUT2D eigenvalue weighted by Gasteiger charge is -2.36. The predicted molar refractivity (Wildman–Crippen MR) is 83.4 cm³/mol. The van der Waals surface area contributed by atoms with Crippen LogP contribution in [0, 0.1) is 0 Å². The highest BCUT2D eigenvalue weighted by molar-refractivity contribution is 5.09. The molecule has 1 aliphatic heterocycles. The van der Waals surface area contributed by atoms with Gasteiger partial charge in [-0.15, -0.1) is 0 Å². The van der Waals surface area contributed by atoms with Crippen molar-refractivity contribution in [2.75, 3.05) is 40.4 Å². The molecule has 0 bridgehead atoms. The molecule has 0 saturated carbocycles. The summed E-state index contributed by atoms with van der Waals surface area (Å²) in [4.78, 5) is 4.89. The topological polar surface area (TPSA) is 41.7 Å². The molecule has 2 heterocycles. The molecule has 5 heteroatoms. The summed E-state index contributed by atoms with van der Waals surface area (Å²) in [7, 11) is 3.96. The summed E-state index contributed by atoms with van der Waals surface area (Å²) >= 11 is 0. The molecule has 5 nitrogen and oxygen atoms in total. The van der Waals surface area contributed by atoms with Crippen molar-refractivity contribution >= 4 is 0 Å². The fourth-order valence-electron chi connectivity index (χ4n) is 2.84. The SMILES string of the molecule is COCCN(Cc1cc(C(C)C)no1)C1CCN(C)CC1. The van der Waals surface area contributed by atoms with Crippen molar-refractivity contribution in [1.29, 1.82) is 0 Å². The maximum Gasteiger partial charge on any atom is 0.150 e. The molecule has 1 fully saturated rings. The van der Waals surface area contributed by atoms with E-state index in [0.717, 1.165) is 31.2 Å². The van der Waals surface area contributed by atoms with Crippen molar-refractivity contribution in [1.82, 2.24) is 15.0 Å². The van der Waals surface area contributed by atoms with Crippen LogP contribution in [0.15, 0.2) is 10.6 Å². The van der Waals surface area contributed by atoms with E-state index in [1.807, 2.05) is 0 Å². The molecule has 120 valence electrons. The molecule has 1 aliphatic rings. The molecule has 0 radical (unpaired) electrons. The van der Waals surface area contributed by atoms with Crippen LogP contribution in [0.3, 0.4) is 0 Å². The predicted octanol–water partition coefficient (Wildman–Crippen LogP) is 2.34. The van der Waals surface area contributed by atoms with E-state index in [1.54, 1.807) is 7.11 Å². The van der Waals surface area contributed by atoms with E-state index in [1.165, 1.54) is 25.9 Å². The first-order valence-corrected chi connectivity index (χ1v) is 7.97. The maximum absolute atomic E-state index is 5.51. The minimum Gasteiger partial charge on any atom is -0.383 e. The van der Waals surface area contributed by atoms with Crippen LogP contribution in [0.5, 0.6) is 0 Å². The Labute approximate surface area is 128 Å². The van der Waals surface area contributed by atoms with Gasteiger partial charge in [0.05, 0.1) is 18.8 Å². The first-order valence-electron chi connectivity index (χ1n) is 7.97. The van der Waals surface area contributed by atoms with Crippen LogP contribution in [0.2, 0.25) is 0 Å². The number of nitrogens with zero attached hydrogens (tertiary/aromatic N) is 3. The van der Waals surface area contributed by atoms with Gasteiger partial charge in [0.25, 0.3) is 0 Å². The van der Waals surface area contributed by atoms with Crippen LogP contribution >= 0.6 is 0 Å². The van der Waals surface area contributed by atoms with Gasteiger partial charge in [-0.2, -0.15) is 0 Å². The molecule has 0 atom stereocenters. The smallest absolute Gasteiger partial charge is 0.150 e. The van der Waals surface area contributed by atoms with E-state index in [4.69, 9.17) is 9.26 Å². The summed E-state index contributed by atoms with van der Waals surface area (Å²) in [6.45, 7) is 9.16. The molecule has 0 unspecified atom stereocenters. The van der Waals surface area contributed by atoms with E-state index < -0.39 is 0 Å². The van der Waals surface area contributed by atoms with Gasteiger partial charge in [-0.25, -0.2) is 0 Å². The van der Waals surface area contributed by atoms with Crippen LogP contribution in [0.4, 0.5) is 0 Å². The van der Waals surface area contributed by atoms with Gasteiger partial charge in [0.15, 0.2) is 5.76 Å². The van der Waals surface area contributed by atoms with Crippen LogP contribution < -0.4 is 0 Å². The van der Waals surface area contributed by atoms with Gasteiger partial charge in [-0.05, 0) is 38.9 Å². The zero-order chi connectivity index (χ0) is 15.2. The number of hydrogen-bond donors (Lipinski definition) is 0. The summed E-state index contributed by atoms with van der Waals surface area (Å²) in [6.07, 6.45) is 2.43. The van der Waals surface area contributed by atoms with Crippen molar-refractivity contribution in [2.45, 2.75) is 45.2 Å². The third kappa shape index (κ3) is 4.80. The number of likely N-dealkylation sites (tertiary alicyclic amines) is 1. The Bertz CT molecular complexity index is 411. The van der Waals surface area contributed by atoms with Crippen molar-refractivity contribution in [2.24, 2.45) is 0 Å². The first-order chi connectivity index (χ1) is 10.1. The first kappa shape index (κ1) is 16.5. The average Bonchev–Trinajstić information content (AvgIpc) is 2.93. The highest BCUT2D eigenvalue weighted by atomic mass is 16.5. The van der Waals surface area contributed by atoms with Crippen LogP contribution in [0.25, 0.3) is 0 Å². The molecule has 0 aromatic carbocycles. The lowest BCUT2D eigenvalue weighted by atomic mass is 10.0. The zero-order valence-electron chi connectivity index (χ0n) is 13.8. The van der Waals surface area contributed by atoms with Gasteiger partial charge in [-0.1, -0.05) is 19.0 Å². The second-order valence-corrected chi connectivity index (χ2v) is 6.37. The van der Waals surface area contributed by atoms with E-state index in [9.17, 15) is 0 Å². The van der Waals surface area contributed by atoms with Crippen molar-refractivity contribution in [3.8, 4) is 0 Å². The summed E-state index contributed by atoms with van der Waals surface area (Å²) in [5, 5.41) is 4.17. The second-order valence-electron chi connectivity index (χ2n) is 6.37. The Hall–Kier alpha value is -0.910.